The van der Waals surface area contributed by atoms with E-state index in [1.807, 2.05) is 24.9 Å². The number of nitrogens with zero attached hydrogens (tertiary/aromatic N) is 1. The molecule has 5 atom stereocenters. The monoisotopic (exact) mass is 561 g/mol. The number of benzene rings is 1. The van der Waals surface area contributed by atoms with Crippen molar-refractivity contribution in [3.63, 3.8) is 0 Å². The zero-order valence-electron chi connectivity index (χ0n) is 20.7. The summed E-state index contributed by atoms with van der Waals surface area (Å²) in [5, 5.41) is 3.43. The molecule has 2 saturated heterocycles. The number of aromatic nitrogens is 2. The zero-order chi connectivity index (χ0) is 27.2. The molecule has 1 aromatic carbocycles. The third-order valence-corrected chi connectivity index (χ3v) is 8.40. The summed E-state index contributed by atoms with van der Waals surface area (Å²) in [7, 11) is -4.04. The first-order chi connectivity index (χ1) is 17.2. The molecule has 1 unspecified atom stereocenters. The van der Waals surface area contributed by atoms with Crippen molar-refractivity contribution in [3.8, 4) is 0 Å². The Kier molecular flexibility index (Phi) is 7.66. The second-order valence-electron chi connectivity index (χ2n) is 10.0. The number of esters is 1. The first-order valence-corrected chi connectivity index (χ1v) is 13.7. The van der Waals surface area contributed by atoms with Crippen molar-refractivity contribution in [2.75, 3.05) is 13.2 Å². The van der Waals surface area contributed by atoms with Gasteiger partial charge in [0.25, 0.3) is 0 Å². The van der Waals surface area contributed by atoms with Crippen LogP contribution in [0.25, 0.3) is 0 Å². The topological polar surface area (TPSA) is 141 Å². The number of nitrogens with one attached hydrogen (secondary N) is 2. The van der Waals surface area contributed by atoms with Gasteiger partial charge in [0, 0.05) is 0 Å². The van der Waals surface area contributed by atoms with Gasteiger partial charge in [-0.3, -0.25) is 0 Å². The van der Waals surface area contributed by atoms with Crippen molar-refractivity contribution in [2.45, 2.75) is 57.9 Å². The third kappa shape index (κ3) is 5.80. The Balaban J connectivity index is 1.56. The van der Waals surface area contributed by atoms with Gasteiger partial charge in [-0.25, -0.2) is 0 Å². The maximum atomic E-state index is 16.0. The molecule has 0 radical (unpaired) electrons. The summed E-state index contributed by atoms with van der Waals surface area (Å²) in [6.07, 6.45) is -3.75. The normalized spacial score (nSPS) is 31.5. The molecule has 3 heterocycles. The SMILES string of the molecule is CC(=O)O[C@@H]1[C@@H](CO[PH]2(O)NCC(C)(C)C(c3cccc(Cl)c3)O2)O[C@@H](n2ccc(=O)[nH]c2=O)[C@]1(C)F. The minimum atomic E-state index is -4.04. The summed E-state index contributed by atoms with van der Waals surface area (Å²) in [4.78, 5) is 48.8. The minimum absolute atomic E-state index is 0.335. The molecule has 0 saturated carbocycles. The number of hydrogen-bond donors (Lipinski definition) is 3. The molecule has 204 valence electrons. The first-order valence-electron chi connectivity index (χ1n) is 11.6. The Bertz CT molecular complexity index is 1290. The zero-order valence-corrected chi connectivity index (χ0v) is 22.5. The van der Waals surface area contributed by atoms with Crippen LogP contribution in [0.5, 0.6) is 0 Å². The summed E-state index contributed by atoms with van der Waals surface area (Å²) >= 11 is 6.15. The van der Waals surface area contributed by atoms with Gasteiger partial charge in [0.05, 0.1) is 0 Å². The van der Waals surface area contributed by atoms with Gasteiger partial charge in [0.2, 0.25) is 0 Å². The molecular weight excluding hydrogens is 532 g/mol. The molecule has 2 aromatic rings. The number of alkyl halides is 1. The van der Waals surface area contributed by atoms with Gasteiger partial charge in [-0.1, -0.05) is 0 Å². The number of aromatic amines is 1. The van der Waals surface area contributed by atoms with Crippen LogP contribution in [0.4, 0.5) is 4.39 Å². The maximum absolute atomic E-state index is 16.0. The third-order valence-electron chi connectivity index (χ3n) is 6.43. The predicted octanol–water partition coefficient (Wildman–Crippen LogP) is 2.55. The number of rotatable bonds is 6. The number of carbonyl (C=O) groups is 1. The first kappa shape index (κ1) is 27.8. The summed E-state index contributed by atoms with van der Waals surface area (Å²) in [5.41, 5.74) is -3.65. The van der Waals surface area contributed by atoms with E-state index >= 15 is 4.39 Å². The van der Waals surface area contributed by atoms with E-state index in [1.54, 1.807) is 18.2 Å². The van der Waals surface area contributed by atoms with Crippen LogP contribution in [-0.4, -0.2) is 51.4 Å². The van der Waals surface area contributed by atoms with Crippen molar-refractivity contribution in [1.29, 1.82) is 0 Å². The van der Waals surface area contributed by atoms with Crippen LogP contribution >= 0.6 is 19.7 Å². The van der Waals surface area contributed by atoms with E-state index in [1.165, 1.54) is 0 Å². The van der Waals surface area contributed by atoms with Gasteiger partial charge in [0.1, 0.15) is 0 Å². The van der Waals surface area contributed by atoms with Crippen LogP contribution in [0, 0.1) is 5.41 Å². The number of ether oxygens (including phenoxy) is 2. The van der Waals surface area contributed by atoms with Crippen molar-refractivity contribution in [3.05, 3.63) is 68.0 Å². The molecule has 2 aliphatic heterocycles. The van der Waals surface area contributed by atoms with Gasteiger partial charge in [-0.15, -0.1) is 0 Å². The van der Waals surface area contributed by atoms with Gasteiger partial charge < -0.3 is 0 Å². The summed E-state index contributed by atoms with van der Waals surface area (Å²) in [6, 6.07) is 8.11. The average Bonchev–Trinajstić information content (AvgIpc) is 3.04. The van der Waals surface area contributed by atoms with Crippen molar-refractivity contribution >= 4 is 25.7 Å². The molecule has 3 N–H and O–H groups in total. The molecule has 0 spiro atoms. The molecule has 2 aliphatic rings. The molecule has 0 aliphatic carbocycles. The average molecular weight is 562 g/mol. The molecular formula is C23H30ClFN3O8P. The van der Waals surface area contributed by atoms with Gasteiger partial charge in [-0.2, -0.15) is 0 Å². The number of H-pyrrole nitrogens is 1. The van der Waals surface area contributed by atoms with Crippen molar-refractivity contribution in [1.82, 2.24) is 14.6 Å². The molecule has 37 heavy (non-hydrogen) atoms. The molecule has 4 rings (SSSR count). The van der Waals surface area contributed by atoms with Crippen LogP contribution in [0.15, 0.2) is 46.1 Å². The van der Waals surface area contributed by atoms with Gasteiger partial charge in [0.15, 0.2) is 0 Å². The molecule has 2 fully saturated rings. The van der Waals surface area contributed by atoms with Crippen LogP contribution in [0.2, 0.25) is 5.02 Å². The second kappa shape index (κ2) is 10.2. The standard InChI is InChI=1S/C23H30ClFN3O8P/c1-13(29)34-19-16(35-20(23(19,4)25)28-9-8-17(30)27-21(28)31)11-33-37(32)26-12-22(2,3)18(36-37)14-6-5-7-15(24)10-14/h5-10,16,18-20,26,32,37H,11-12H2,1-4H3,(H,27,30,31)/t16-,18?,19-,20-,23-/m1/s1. The van der Waals surface area contributed by atoms with E-state index in [0.717, 1.165) is 36.2 Å². The Morgan fingerprint density at radius 2 is 2.05 bits per heavy atom. The van der Waals surface area contributed by atoms with Crippen molar-refractivity contribution in [2.24, 2.45) is 5.41 Å². The van der Waals surface area contributed by atoms with Crippen LogP contribution < -0.4 is 16.3 Å². The van der Waals surface area contributed by atoms with Crippen LogP contribution in [0.1, 0.15) is 45.6 Å². The summed E-state index contributed by atoms with van der Waals surface area (Å²) < 4.78 is 39.7. The number of halogens is 2. The van der Waals surface area contributed by atoms with E-state index in [9.17, 15) is 19.3 Å². The van der Waals surface area contributed by atoms with Crippen LogP contribution in [-0.2, 0) is 23.3 Å². The molecule has 0 bridgehead atoms. The fourth-order valence-corrected chi connectivity index (χ4v) is 6.88. The quantitative estimate of drug-likeness (QED) is 0.358. The van der Waals surface area contributed by atoms with E-state index in [2.05, 4.69) is 5.09 Å². The Labute approximate surface area is 217 Å². The summed E-state index contributed by atoms with van der Waals surface area (Å²) in [5.74, 6) is -0.775. The Morgan fingerprint density at radius 3 is 2.70 bits per heavy atom. The number of hydrogen-bond acceptors (Lipinski definition) is 9. The predicted molar refractivity (Wildman–Crippen MR) is 134 cm³/mol. The second-order valence-corrected chi connectivity index (χ2v) is 12.5. The van der Waals surface area contributed by atoms with E-state index in [0.29, 0.717) is 11.6 Å². The Hall–Kier alpha value is -2.18. The Morgan fingerprint density at radius 1 is 1.32 bits per heavy atom. The van der Waals surface area contributed by atoms with Gasteiger partial charge in [-0.05, 0) is 0 Å². The van der Waals surface area contributed by atoms with Gasteiger partial charge >= 0.3 is 217 Å². The van der Waals surface area contributed by atoms with Crippen molar-refractivity contribution < 1.29 is 32.6 Å². The molecule has 1 aromatic heterocycles. The fourth-order valence-electron chi connectivity index (χ4n) is 4.58. The van der Waals surface area contributed by atoms with E-state index in [-0.39, 0.29) is 0 Å². The fraction of sp³-hybridized carbons (Fsp3) is 0.522. The van der Waals surface area contributed by atoms with E-state index in [4.69, 9.17) is 30.1 Å². The summed E-state index contributed by atoms with van der Waals surface area (Å²) in [6.45, 7) is 6.04. The number of carbonyl (C=O) groups excluding carboxylic acids is 1. The van der Waals surface area contributed by atoms with Crippen LogP contribution in [0.3, 0.4) is 0 Å². The molecule has 11 nitrogen and oxygen atoms in total. The molecule has 0 amide bonds. The molecule has 14 heteroatoms. The van der Waals surface area contributed by atoms with E-state index < -0.39 is 67.5 Å².